The molecule has 22 heavy (non-hydrogen) atoms. The number of rotatable bonds is 4. The molecule has 0 bridgehead atoms. The van der Waals surface area contributed by atoms with Gasteiger partial charge in [-0.1, -0.05) is 53.2 Å². The van der Waals surface area contributed by atoms with Crippen LogP contribution in [0.4, 0.5) is 17.1 Å². The zero-order valence-corrected chi connectivity index (χ0v) is 12.6. The summed E-state index contributed by atoms with van der Waals surface area (Å²) in [7, 11) is 0. The minimum atomic E-state index is 0.682. The quantitative estimate of drug-likeness (QED) is 0.418. The van der Waals surface area contributed by atoms with Gasteiger partial charge in [-0.25, -0.2) is 5.01 Å². The summed E-state index contributed by atoms with van der Waals surface area (Å²) in [6, 6.07) is 27.1. The first kappa shape index (κ1) is 14.3. The Hall–Kier alpha value is -2.65. The van der Waals surface area contributed by atoms with Gasteiger partial charge in [0.2, 0.25) is 0 Å². The number of hydrogen-bond acceptors (Lipinski definition) is 2. The van der Waals surface area contributed by atoms with Crippen molar-refractivity contribution in [1.29, 1.82) is 0 Å². The van der Waals surface area contributed by atoms with E-state index >= 15 is 0 Å². The minimum Gasteiger partial charge on any atom is -0.215 e. The van der Waals surface area contributed by atoms with Crippen molar-refractivity contribution < 1.29 is 0 Å². The van der Waals surface area contributed by atoms with E-state index in [0.717, 1.165) is 17.1 Å². The van der Waals surface area contributed by atoms with Gasteiger partial charge in [0.25, 0.3) is 0 Å². The molecule has 0 unspecified atom stereocenters. The van der Waals surface area contributed by atoms with E-state index < -0.39 is 0 Å². The van der Waals surface area contributed by atoms with Crippen LogP contribution in [0.3, 0.4) is 0 Å². The molecule has 4 heteroatoms. The zero-order chi connectivity index (χ0) is 15.2. The smallest absolute Gasteiger partial charge is 0.0875 e. The molecule has 3 aromatic rings. The standard InChI is InChI=1S/C18H14ClN3/c19-15-11-13-16(14-12-15)20-21-22(17-7-3-1-4-8-17)18-9-5-2-6-10-18/h1-14H. The topological polar surface area (TPSA) is 28.0 Å². The Bertz CT molecular complexity index is 701. The lowest BCUT2D eigenvalue weighted by molar-refractivity contribution is 0.974. The Balaban J connectivity index is 1.94. The normalized spacial score (nSPS) is 10.8. The highest BCUT2D eigenvalue weighted by molar-refractivity contribution is 6.30. The molecule has 3 aromatic carbocycles. The second-order valence-electron chi connectivity index (χ2n) is 4.65. The van der Waals surface area contributed by atoms with Crippen LogP contribution in [0.5, 0.6) is 0 Å². The Kier molecular flexibility index (Phi) is 4.47. The minimum absolute atomic E-state index is 0.682. The molecule has 0 aromatic heterocycles. The van der Waals surface area contributed by atoms with E-state index in [1.165, 1.54) is 0 Å². The Labute approximate surface area is 134 Å². The molecule has 0 radical (unpaired) electrons. The first-order valence-corrected chi connectivity index (χ1v) is 7.28. The highest BCUT2D eigenvalue weighted by Gasteiger charge is 2.07. The average molecular weight is 308 g/mol. The summed E-state index contributed by atoms with van der Waals surface area (Å²) in [6.45, 7) is 0. The molecule has 0 aliphatic rings. The highest BCUT2D eigenvalue weighted by atomic mass is 35.5. The van der Waals surface area contributed by atoms with Crippen LogP contribution in [0.25, 0.3) is 0 Å². The van der Waals surface area contributed by atoms with Crippen molar-refractivity contribution >= 4 is 28.7 Å². The van der Waals surface area contributed by atoms with E-state index in [9.17, 15) is 0 Å². The predicted octanol–water partition coefficient (Wildman–Crippen LogP) is 6.18. The zero-order valence-electron chi connectivity index (χ0n) is 11.8. The molecule has 0 atom stereocenters. The largest absolute Gasteiger partial charge is 0.215 e. The molecule has 0 saturated heterocycles. The summed E-state index contributed by atoms with van der Waals surface area (Å²) < 4.78 is 0. The molecule has 0 fully saturated rings. The third-order valence-corrected chi connectivity index (χ3v) is 3.33. The van der Waals surface area contributed by atoms with E-state index in [0.29, 0.717) is 5.02 Å². The molecule has 0 N–H and O–H groups in total. The number of halogens is 1. The van der Waals surface area contributed by atoms with E-state index in [4.69, 9.17) is 11.6 Å². The number of anilines is 2. The Morgan fingerprint density at radius 3 is 1.64 bits per heavy atom. The van der Waals surface area contributed by atoms with Crippen LogP contribution in [0.1, 0.15) is 0 Å². The van der Waals surface area contributed by atoms with Crippen LogP contribution >= 0.6 is 11.6 Å². The van der Waals surface area contributed by atoms with E-state index in [1.54, 1.807) is 17.1 Å². The van der Waals surface area contributed by atoms with Gasteiger partial charge in [-0.2, -0.15) is 0 Å². The molecule has 0 amide bonds. The van der Waals surface area contributed by atoms with Crippen LogP contribution in [-0.4, -0.2) is 0 Å². The van der Waals surface area contributed by atoms with Gasteiger partial charge in [-0.15, -0.1) is 5.11 Å². The summed E-state index contributed by atoms with van der Waals surface area (Å²) in [5.74, 6) is 0. The van der Waals surface area contributed by atoms with Crippen molar-refractivity contribution in [2.24, 2.45) is 10.3 Å². The number of hydrogen-bond donors (Lipinski definition) is 0. The first-order valence-electron chi connectivity index (χ1n) is 6.90. The van der Waals surface area contributed by atoms with Crippen LogP contribution in [0.2, 0.25) is 5.02 Å². The summed E-state index contributed by atoms with van der Waals surface area (Å²) in [5.41, 5.74) is 2.65. The van der Waals surface area contributed by atoms with Crippen molar-refractivity contribution in [3.8, 4) is 0 Å². The fourth-order valence-corrected chi connectivity index (χ4v) is 2.12. The van der Waals surface area contributed by atoms with Gasteiger partial charge in [-0.05, 0) is 48.5 Å². The molecular formula is C18H14ClN3. The maximum Gasteiger partial charge on any atom is 0.0875 e. The van der Waals surface area contributed by atoms with Crippen LogP contribution in [0.15, 0.2) is 95.3 Å². The maximum atomic E-state index is 5.88. The Morgan fingerprint density at radius 2 is 1.14 bits per heavy atom. The van der Waals surface area contributed by atoms with Crippen LogP contribution in [-0.2, 0) is 0 Å². The van der Waals surface area contributed by atoms with Crippen molar-refractivity contribution in [2.45, 2.75) is 0 Å². The predicted molar refractivity (Wildman–Crippen MR) is 91.0 cm³/mol. The van der Waals surface area contributed by atoms with Crippen molar-refractivity contribution in [3.63, 3.8) is 0 Å². The Morgan fingerprint density at radius 1 is 0.636 bits per heavy atom. The highest BCUT2D eigenvalue weighted by Crippen LogP contribution is 2.27. The van der Waals surface area contributed by atoms with E-state index in [-0.39, 0.29) is 0 Å². The monoisotopic (exact) mass is 307 g/mol. The molecule has 0 aliphatic carbocycles. The first-order chi connectivity index (χ1) is 10.8. The second-order valence-corrected chi connectivity index (χ2v) is 5.09. The van der Waals surface area contributed by atoms with Gasteiger partial charge in [0.1, 0.15) is 0 Å². The van der Waals surface area contributed by atoms with Gasteiger partial charge in [0, 0.05) is 5.02 Å². The van der Waals surface area contributed by atoms with Crippen molar-refractivity contribution in [2.75, 3.05) is 5.01 Å². The molecule has 108 valence electrons. The molecule has 3 nitrogen and oxygen atoms in total. The van der Waals surface area contributed by atoms with Crippen LogP contribution in [0, 0.1) is 0 Å². The molecule has 3 rings (SSSR count). The molecule has 0 saturated carbocycles. The fraction of sp³-hybridized carbons (Fsp3) is 0. The lowest BCUT2D eigenvalue weighted by Crippen LogP contribution is -2.07. The molecule has 0 spiro atoms. The van der Waals surface area contributed by atoms with E-state index in [2.05, 4.69) is 10.3 Å². The molecule has 0 aliphatic heterocycles. The van der Waals surface area contributed by atoms with Crippen molar-refractivity contribution in [1.82, 2.24) is 0 Å². The average Bonchev–Trinajstić information content (AvgIpc) is 2.59. The van der Waals surface area contributed by atoms with Gasteiger partial charge in [-0.3, -0.25) is 0 Å². The van der Waals surface area contributed by atoms with E-state index in [1.807, 2.05) is 72.8 Å². The molecular weight excluding hydrogens is 294 g/mol. The van der Waals surface area contributed by atoms with Gasteiger partial charge in [0.15, 0.2) is 0 Å². The summed E-state index contributed by atoms with van der Waals surface area (Å²) in [6.07, 6.45) is 0. The number of benzene rings is 3. The third kappa shape index (κ3) is 3.51. The second kappa shape index (κ2) is 6.87. The van der Waals surface area contributed by atoms with Gasteiger partial charge >= 0.3 is 0 Å². The fourth-order valence-electron chi connectivity index (χ4n) is 1.99. The molecule has 0 heterocycles. The third-order valence-electron chi connectivity index (χ3n) is 3.08. The van der Waals surface area contributed by atoms with Crippen LogP contribution < -0.4 is 5.01 Å². The van der Waals surface area contributed by atoms with Crippen molar-refractivity contribution in [3.05, 3.63) is 90.0 Å². The lowest BCUT2D eigenvalue weighted by Gasteiger charge is -2.17. The summed E-state index contributed by atoms with van der Waals surface area (Å²) in [4.78, 5) is 0. The van der Waals surface area contributed by atoms with Gasteiger partial charge in [0.05, 0.1) is 17.1 Å². The van der Waals surface area contributed by atoms with Gasteiger partial charge < -0.3 is 0 Å². The summed E-state index contributed by atoms with van der Waals surface area (Å²) in [5, 5.41) is 11.2. The number of para-hydroxylation sites is 2. The lowest BCUT2D eigenvalue weighted by atomic mass is 10.2. The maximum absolute atomic E-state index is 5.88. The number of nitrogens with zero attached hydrogens (tertiary/aromatic N) is 3. The SMILES string of the molecule is Clc1ccc(N=NN(c2ccccc2)c2ccccc2)cc1. The summed E-state index contributed by atoms with van der Waals surface area (Å²) >= 11 is 5.88.